The summed E-state index contributed by atoms with van der Waals surface area (Å²) < 4.78 is 2.20. The lowest BCUT2D eigenvalue weighted by Gasteiger charge is -2.33. The second-order valence-electron chi connectivity index (χ2n) is 7.23. The number of benzene rings is 1. The Morgan fingerprint density at radius 2 is 2.00 bits per heavy atom. The van der Waals surface area contributed by atoms with E-state index in [-0.39, 0.29) is 0 Å². The molecule has 24 heavy (non-hydrogen) atoms. The largest absolute Gasteiger partial charge is 0.314 e. The van der Waals surface area contributed by atoms with Gasteiger partial charge in [-0.3, -0.25) is 4.98 Å². The van der Waals surface area contributed by atoms with Gasteiger partial charge < -0.3 is 14.6 Å². The van der Waals surface area contributed by atoms with Gasteiger partial charge in [0.05, 0.1) is 22.7 Å². The second-order valence-corrected chi connectivity index (χ2v) is 7.23. The first-order chi connectivity index (χ1) is 11.7. The molecule has 0 aliphatic heterocycles. The maximum absolute atomic E-state index is 4.61. The normalized spacial score (nSPS) is 21.8. The number of nitrogens with one attached hydrogen (secondary N) is 1. The third-order valence-electron chi connectivity index (χ3n) is 5.44. The van der Waals surface area contributed by atoms with E-state index in [9.17, 15) is 0 Å². The molecule has 1 aliphatic carbocycles. The number of hydrogen-bond donors (Lipinski definition) is 1. The molecule has 0 radical (unpaired) electrons. The van der Waals surface area contributed by atoms with Crippen LogP contribution in [0.3, 0.4) is 0 Å². The van der Waals surface area contributed by atoms with Crippen LogP contribution in [0.2, 0.25) is 0 Å². The summed E-state index contributed by atoms with van der Waals surface area (Å²) in [5, 5.41) is 3.74. The highest BCUT2D eigenvalue weighted by Gasteiger charge is 2.21. The van der Waals surface area contributed by atoms with Crippen molar-refractivity contribution >= 4 is 16.6 Å². The highest BCUT2D eigenvalue weighted by Crippen LogP contribution is 2.22. The molecule has 4 heteroatoms. The number of nitrogens with zero attached hydrogens (tertiary/aromatic N) is 3. The Bertz CT molecular complexity index is 828. The molecule has 2 aromatic heterocycles. The van der Waals surface area contributed by atoms with E-state index in [1.54, 1.807) is 0 Å². The van der Waals surface area contributed by atoms with E-state index in [1.807, 2.05) is 6.20 Å². The molecule has 1 aliphatic rings. The molecule has 1 N–H and O–H groups in total. The van der Waals surface area contributed by atoms with Crippen molar-refractivity contribution in [3.63, 3.8) is 0 Å². The third-order valence-corrected chi connectivity index (χ3v) is 5.44. The van der Waals surface area contributed by atoms with Crippen LogP contribution in [-0.4, -0.2) is 40.5 Å². The van der Waals surface area contributed by atoms with Crippen LogP contribution >= 0.6 is 0 Å². The van der Waals surface area contributed by atoms with Crippen molar-refractivity contribution in [3.05, 3.63) is 48.3 Å². The van der Waals surface area contributed by atoms with Crippen molar-refractivity contribution in [1.29, 1.82) is 0 Å². The van der Waals surface area contributed by atoms with E-state index in [0.717, 1.165) is 23.6 Å². The Morgan fingerprint density at radius 3 is 2.79 bits per heavy atom. The van der Waals surface area contributed by atoms with Crippen LogP contribution in [0.25, 0.3) is 16.6 Å². The smallest absolute Gasteiger partial charge is 0.0874 e. The molecule has 4 nitrogen and oxygen atoms in total. The summed E-state index contributed by atoms with van der Waals surface area (Å²) in [5.74, 6) is 0. The van der Waals surface area contributed by atoms with Gasteiger partial charge in [-0.05, 0) is 69.6 Å². The Morgan fingerprint density at radius 1 is 1.17 bits per heavy atom. The van der Waals surface area contributed by atoms with E-state index in [4.69, 9.17) is 0 Å². The highest BCUT2D eigenvalue weighted by molar-refractivity contribution is 5.78. The molecular formula is C20H26N4. The fourth-order valence-corrected chi connectivity index (χ4v) is 3.90. The first-order valence-corrected chi connectivity index (χ1v) is 8.95. The summed E-state index contributed by atoms with van der Waals surface area (Å²) in [6.45, 7) is 0.929. The van der Waals surface area contributed by atoms with Gasteiger partial charge in [-0.1, -0.05) is 6.07 Å². The third kappa shape index (κ3) is 3.04. The molecule has 4 rings (SSSR count). The average Bonchev–Trinajstić information content (AvgIpc) is 3.09. The Kier molecular flexibility index (Phi) is 4.25. The Balaban J connectivity index is 1.43. The topological polar surface area (TPSA) is 32.6 Å². The van der Waals surface area contributed by atoms with Crippen LogP contribution in [0, 0.1) is 0 Å². The van der Waals surface area contributed by atoms with Crippen molar-refractivity contribution in [2.45, 2.75) is 44.3 Å². The predicted octanol–water partition coefficient (Wildman–Crippen LogP) is 3.45. The van der Waals surface area contributed by atoms with Crippen molar-refractivity contribution in [1.82, 2.24) is 19.6 Å². The van der Waals surface area contributed by atoms with E-state index >= 15 is 0 Å². The quantitative estimate of drug-likeness (QED) is 0.798. The molecule has 2 heterocycles. The van der Waals surface area contributed by atoms with E-state index in [1.165, 1.54) is 36.8 Å². The molecular weight excluding hydrogens is 296 g/mol. The van der Waals surface area contributed by atoms with Gasteiger partial charge >= 0.3 is 0 Å². The number of rotatable bonds is 4. The average molecular weight is 322 g/mol. The van der Waals surface area contributed by atoms with Crippen molar-refractivity contribution in [2.75, 3.05) is 14.1 Å². The summed E-state index contributed by atoms with van der Waals surface area (Å²) in [7, 11) is 4.39. The monoisotopic (exact) mass is 322 g/mol. The molecule has 0 bridgehead atoms. The zero-order valence-corrected chi connectivity index (χ0v) is 14.6. The molecule has 1 fully saturated rings. The molecule has 126 valence electrons. The van der Waals surface area contributed by atoms with Gasteiger partial charge in [0.25, 0.3) is 0 Å². The summed E-state index contributed by atoms with van der Waals surface area (Å²) in [4.78, 5) is 6.98. The molecule has 0 spiro atoms. The summed E-state index contributed by atoms with van der Waals surface area (Å²) >= 11 is 0. The fraction of sp³-hybridized carbons (Fsp3) is 0.450. The molecule has 3 aromatic rings. The maximum Gasteiger partial charge on any atom is 0.0874 e. The fourth-order valence-electron chi connectivity index (χ4n) is 3.90. The number of hydrogen-bond acceptors (Lipinski definition) is 3. The van der Waals surface area contributed by atoms with Crippen LogP contribution < -0.4 is 5.32 Å². The molecule has 0 amide bonds. The van der Waals surface area contributed by atoms with Crippen molar-refractivity contribution < 1.29 is 0 Å². The second kappa shape index (κ2) is 6.54. The maximum atomic E-state index is 4.61. The van der Waals surface area contributed by atoms with Crippen LogP contribution in [-0.2, 0) is 6.54 Å². The minimum atomic E-state index is 0.650. The van der Waals surface area contributed by atoms with Gasteiger partial charge in [-0.15, -0.1) is 0 Å². The first kappa shape index (κ1) is 15.6. The van der Waals surface area contributed by atoms with Gasteiger partial charge in [0, 0.05) is 24.8 Å². The lowest BCUT2D eigenvalue weighted by atomic mass is 9.90. The van der Waals surface area contributed by atoms with Gasteiger partial charge in [0.1, 0.15) is 0 Å². The van der Waals surface area contributed by atoms with E-state index in [2.05, 4.69) is 70.2 Å². The van der Waals surface area contributed by atoms with Crippen LogP contribution in [0.1, 0.15) is 31.2 Å². The molecule has 0 unspecified atom stereocenters. The van der Waals surface area contributed by atoms with Crippen molar-refractivity contribution in [2.24, 2.45) is 0 Å². The minimum Gasteiger partial charge on any atom is -0.314 e. The standard InChI is InChI=1S/C20H26N4/c1-23(2)17-8-6-16(7-9-17)21-13-15-5-10-20-19(12-15)22-14-18-4-3-11-24(18)20/h3-5,10-12,14,16-17,21H,6-9,13H2,1-2H3. The lowest BCUT2D eigenvalue weighted by Crippen LogP contribution is -2.39. The highest BCUT2D eigenvalue weighted by atomic mass is 15.1. The van der Waals surface area contributed by atoms with E-state index < -0.39 is 0 Å². The van der Waals surface area contributed by atoms with Gasteiger partial charge in [-0.2, -0.15) is 0 Å². The SMILES string of the molecule is CN(C)C1CCC(NCc2ccc3c(c2)ncc2cccn23)CC1. The summed E-state index contributed by atoms with van der Waals surface area (Å²) in [5.41, 5.74) is 4.70. The Labute approximate surface area is 143 Å². The van der Waals surface area contributed by atoms with Gasteiger partial charge in [-0.25, -0.2) is 0 Å². The lowest BCUT2D eigenvalue weighted by molar-refractivity contribution is 0.204. The summed E-state index contributed by atoms with van der Waals surface area (Å²) in [6.07, 6.45) is 9.20. The van der Waals surface area contributed by atoms with Gasteiger partial charge in [0.2, 0.25) is 0 Å². The van der Waals surface area contributed by atoms with Crippen molar-refractivity contribution in [3.8, 4) is 0 Å². The minimum absolute atomic E-state index is 0.650. The zero-order valence-electron chi connectivity index (χ0n) is 14.6. The predicted molar refractivity (Wildman–Crippen MR) is 99.3 cm³/mol. The number of fused-ring (bicyclic) bond motifs is 3. The van der Waals surface area contributed by atoms with Crippen LogP contribution in [0.5, 0.6) is 0 Å². The molecule has 0 atom stereocenters. The molecule has 1 saturated carbocycles. The summed E-state index contributed by atoms with van der Waals surface area (Å²) in [6, 6.07) is 12.2. The molecule has 0 saturated heterocycles. The zero-order chi connectivity index (χ0) is 16.5. The van der Waals surface area contributed by atoms with E-state index in [0.29, 0.717) is 6.04 Å². The molecule has 1 aromatic carbocycles. The van der Waals surface area contributed by atoms with Gasteiger partial charge in [0.15, 0.2) is 0 Å². The Hall–Kier alpha value is -1.91. The number of aromatic nitrogens is 2. The van der Waals surface area contributed by atoms with Crippen LogP contribution in [0.15, 0.2) is 42.7 Å². The first-order valence-electron chi connectivity index (χ1n) is 8.95. The van der Waals surface area contributed by atoms with Crippen LogP contribution in [0.4, 0.5) is 0 Å².